The lowest BCUT2D eigenvalue weighted by atomic mass is 9.82. The molecule has 1 aliphatic rings. The van der Waals surface area contributed by atoms with Gasteiger partial charge in [0.2, 0.25) is 0 Å². The van der Waals surface area contributed by atoms with Crippen LogP contribution in [0, 0.1) is 5.41 Å². The van der Waals surface area contributed by atoms with Crippen molar-refractivity contribution < 1.29 is 14.3 Å². The fraction of sp³-hybridized carbons (Fsp3) is 0.882. The molecule has 4 nitrogen and oxygen atoms in total. The number of carbonyl (C=O) groups is 2. The first kappa shape index (κ1) is 19.4. The van der Waals surface area contributed by atoms with E-state index < -0.39 is 5.60 Å². The first-order valence-corrected chi connectivity index (χ1v) is 9.07. The number of rotatable bonds is 3. The molecule has 3 atom stereocenters. The predicted octanol–water partition coefficient (Wildman–Crippen LogP) is 4.07. The molecule has 1 heterocycles. The normalized spacial score (nSPS) is 24.1. The van der Waals surface area contributed by atoms with Gasteiger partial charge in [0.15, 0.2) is 0 Å². The van der Waals surface area contributed by atoms with Gasteiger partial charge < -0.3 is 9.53 Å². The van der Waals surface area contributed by atoms with Gasteiger partial charge in [-0.2, -0.15) is 0 Å². The molecule has 0 N–H and O–H groups in total. The van der Waals surface area contributed by atoms with Crippen molar-refractivity contribution in [3.63, 3.8) is 0 Å². The van der Waals surface area contributed by atoms with E-state index in [0.717, 1.165) is 12.7 Å². The summed E-state index contributed by atoms with van der Waals surface area (Å²) >= 11 is 0. The Bertz CT molecular complexity index is 421. The average molecular weight is 329 g/mol. The molecule has 1 aliphatic heterocycles. The number of hydrogen-bond donors (Lipinski definition) is 0. The van der Waals surface area contributed by atoms with Crippen molar-refractivity contribution in [1.82, 2.24) is 4.90 Å². The van der Waals surface area contributed by atoms with Crippen LogP contribution in [-0.4, -0.2) is 46.3 Å². The Morgan fingerprint density at radius 3 is 2.09 bits per heavy atom. The molecule has 5 heteroatoms. The van der Waals surface area contributed by atoms with Crippen molar-refractivity contribution >= 4 is 21.0 Å². The third kappa shape index (κ3) is 4.94. The molecule has 0 saturated carbocycles. The van der Waals surface area contributed by atoms with E-state index in [1.54, 1.807) is 4.90 Å². The SMILES string of the molecule is CC(C)(C)OC(=O)N1CC(PC(C)(C)C(C)(C)C)CC1C=O. The summed E-state index contributed by atoms with van der Waals surface area (Å²) in [7, 11) is 0.711. The van der Waals surface area contributed by atoms with Crippen LogP contribution in [0.5, 0.6) is 0 Å². The molecule has 22 heavy (non-hydrogen) atoms. The maximum Gasteiger partial charge on any atom is 0.410 e. The summed E-state index contributed by atoms with van der Waals surface area (Å²) in [6.45, 7) is 17.5. The Balaban J connectivity index is 2.77. The Morgan fingerprint density at radius 2 is 1.68 bits per heavy atom. The summed E-state index contributed by atoms with van der Waals surface area (Å²) in [5.41, 5.74) is 0.0359. The lowest BCUT2D eigenvalue weighted by Gasteiger charge is -2.40. The van der Waals surface area contributed by atoms with Gasteiger partial charge in [-0.25, -0.2) is 4.79 Å². The molecule has 0 spiro atoms. The molecule has 0 radical (unpaired) electrons. The van der Waals surface area contributed by atoms with Crippen molar-refractivity contribution in [2.45, 2.75) is 84.3 Å². The van der Waals surface area contributed by atoms with E-state index >= 15 is 0 Å². The zero-order valence-electron chi connectivity index (χ0n) is 15.3. The second-order valence-electron chi connectivity index (χ2n) is 8.79. The van der Waals surface area contributed by atoms with Crippen molar-refractivity contribution in [2.75, 3.05) is 6.54 Å². The van der Waals surface area contributed by atoms with Crippen LogP contribution < -0.4 is 0 Å². The van der Waals surface area contributed by atoms with Gasteiger partial charge in [0.05, 0.1) is 6.04 Å². The van der Waals surface area contributed by atoms with Crippen LogP contribution >= 0.6 is 8.58 Å². The summed E-state index contributed by atoms with van der Waals surface area (Å²) in [6, 6.07) is -0.344. The number of nitrogens with zero attached hydrogens (tertiary/aromatic N) is 1. The fourth-order valence-electron chi connectivity index (χ4n) is 2.36. The van der Waals surface area contributed by atoms with Crippen LogP contribution in [0.1, 0.15) is 61.8 Å². The first-order chi connectivity index (χ1) is 9.77. The Labute approximate surface area is 137 Å². The summed E-state index contributed by atoms with van der Waals surface area (Å²) in [6.07, 6.45) is 1.27. The van der Waals surface area contributed by atoms with Crippen molar-refractivity contribution in [3.8, 4) is 0 Å². The summed E-state index contributed by atoms with van der Waals surface area (Å²) in [5, 5.41) is 0.176. The van der Waals surface area contributed by atoms with E-state index in [-0.39, 0.29) is 22.7 Å². The minimum atomic E-state index is -0.532. The molecule has 1 fully saturated rings. The highest BCUT2D eigenvalue weighted by Gasteiger charge is 2.42. The molecule has 0 aliphatic carbocycles. The highest BCUT2D eigenvalue weighted by atomic mass is 31.1. The van der Waals surface area contributed by atoms with Crippen LogP contribution in [0.3, 0.4) is 0 Å². The second kappa shape index (κ2) is 6.47. The van der Waals surface area contributed by atoms with E-state index in [4.69, 9.17) is 4.74 Å². The fourth-order valence-corrected chi connectivity index (χ4v) is 4.46. The van der Waals surface area contributed by atoms with Crippen LogP contribution in [-0.2, 0) is 9.53 Å². The van der Waals surface area contributed by atoms with Crippen molar-refractivity contribution in [1.29, 1.82) is 0 Å². The molecule has 1 rings (SSSR count). The van der Waals surface area contributed by atoms with Crippen LogP contribution in [0.4, 0.5) is 4.79 Å². The maximum atomic E-state index is 12.3. The lowest BCUT2D eigenvalue weighted by molar-refractivity contribution is -0.111. The van der Waals surface area contributed by atoms with Gasteiger partial charge in [-0.1, -0.05) is 34.6 Å². The molecule has 128 valence electrons. The van der Waals surface area contributed by atoms with Crippen molar-refractivity contribution in [2.24, 2.45) is 5.41 Å². The van der Waals surface area contributed by atoms with Gasteiger partial charge in [-0.15, -0.1) is 8.58 Å². The monoisotopic (exact) mass is 329 g/mol. The summed E-state index contributed by atoms with van der Waals surface area (Å²) in [4.78, 5) is 25.2. The minimum absolute atomic E-state index is 0.176. The number of aldehydes is 1. The van der Waals surface area contributed by atoms with Crippen LogP contribution in [0.2, 0.25) is 0 Å². The largest absolute Gasteiger partial charge is 0.444 e. The average Bonchev–Trinajstić information content (AvgIpc) is 2.67. The molecule has 1 amide bonds. The topological polar surface area (TPSA) is 46.6 Å². The number of carbonyl (C=O) groups excluding carboxylic acids is 2. The molecule has 0 aromatic rings. The van der Waals surface area contributed by atoms with E-state index in [2.05, 4.69) is 34.6 Å². The molecule has 0 aromatic heterocycles. The van der Waals surface area contributed by atoms with E-state index in [0.29, 0.717) is 20.8 Å². The highest BCUT2D eigenvalue weighted by molar-refractivity contribution is 7.41. The lowest BCUT2D eigenvalue weighted by Crippen LogP contribution is -2.40. The van der Waals surface area contributed by atoms with Gasteiger partial charge in [0, 0.05) is 6.54 Å². The summed E-state index contributed by atoms with van der Waals surface area (Å²) in [5.74, 6) is 0. The van der Waals surface area contributed by atoms with Crippen LogP contribution in [0.25, 0.3) is 0 Å². The number of amides is 1. The zero-order chi connectivity index (χ0) is 17.3. The quantitative estimate of drug-likeness (QED) is 0.579. The Morgan fingerprint density at radius 1 is 1.14 bits per heavy atom. The van der Waals surface area contributed by atoms with Gasteiger partial charge >= 0.3 is 6.09 Å². The Hall–Kier alpha value is -0.630. The van der Waals surface area contributed by atoms with E-state index in [1.165, 1.54) is 0 Å². The molecular formula is C17H32NO3P. The van der Waals surface area contributed by atoms with Gasteiger partial charge in [0.25, 0.3) is 0 Å². The predicted molar refractivity (Wildman–Crippen MR) is 93.0 cm³/mol. The smallest absolute Gasteiger partial charge is 0.410 e. The number of likely N-dealkylation sites (tertiary alicyclic amines) is 1. The first-order valence-electron chi connectivity index (χ1n) is 7.99. The van der Waals surface area contributed by atoms with Crippen molar-refractivity contribution in [3.05, 3.63) is 0 Å². The highest BCUT2D eigenvalue weighted by Crippen LogP contribution is 2.50. The standard InChI is InChI=1S/C17H32NO3P/c1-15(2,3)17(7,8)22-13-9-12(11-19)18(10-13)14(20)21-16(4,5)6/h11-13,22H,9-10H2,1-8H3. The van der Waals surface area contributed by atoms with E-state index in [1.807, 2.05) is 20.8 Å². The zero-order valence-corrected chi connectivity index (χ0v) is 16.3. The maximum absolute atomic E-state index is 12.3. The third-order valence-corrected chi connectivity index (χ3v) is 6.87. The van der Waals surface area contributed by atoms with Crippen LogP contribution in [0.15, 0.2) is 0 Å². The van der Waals surface area contributed by atoms with E-state index in [9.17, 15) is 9.59 Å². The minimum Gasteiger partial charge on any atom is -0.444 e. The second-order valence-corrected chi connectivity index (χ2v) is 11.1. The number of hydrogen-bond acceptors (Lipinski definition) is 3. The Kier molecular flexibility index (Phi) is 5.71. The van der Waals surface area contributed by atoms with Gasteiger partial charge in [-0.05, 0) is 43.4 Å². The summed E-state index contributed by atoms with van der Waals surface area (Å²) < 4.78 is 5.43. The molecule has 1 saturated heterocycles. The molecule has 3 unspecified atom stereocenters. The third-order valence-electron chi connectivity index (χ3n) is 4.57. The molecule has 0 aromatic carbocycles. The molecule has 0 bridgehead atoms. The van der Waals surface area contributed by atoms with Gasteiger partial charge in [0.1, 0.15) is 11.9 Å². The molecular weight excluding hydrogens is 297 g/mol. The number of ether oxygens (including phenoxy) is 1. The van der Waals surface area contributed by atoms with Gasteiger partial charge in [-0.3, -0.25) is 4.90 Å².